The first-order chi connectivity index (χ1) is 7.58. The van der Waals surface area contributed by atoms with E-state index < -0.39 is 0 Å². The van der Waals surface area contributed by atoms with Crippen molar-refractivity contribution in [2.45, 2.75) is 13.5 Å². The highest BCUT2D eigenvalue weighted by Gasteiger charge is 2.09. The second-order valence-corrected chi connectivity index (χ2v) is 5.26. The van der Waals surface area contributed by atoms with Gasteiger partial charge in [0, 0.05) is 12.7 Å². The third-order valence-electron chi connectivity index (χ3n) is 2.16. The molecule has 0 aliphatic heterocycles. The van der Waals surface area contributed by atoms with Gasteiger partial charge in [-0.2, -0.15) is 0 Å². The van der Waals surface area contributed by atoms with Crippen LogP contribution in [0.2, 0.25) is 10.2 Å². The number of halogens is 2. The van der Waals surface area contributed by atoms with Crippen molar-refractivity contribution in [3.63, 3.8) is 0 Å². The summed E-state index contributed by atoms with van der Waals surface area (Å²) in [6.45, 7) is 2.54. The van der Waals surface area contributed by atoms with Gasteiger partial charge in [-0.15, -0.1) is 10.2 Å². The van der Waals surface area contributed by atoms with Crippen molar-refractivity contribution in [3.05, 3.63) is 26.9 Å². The van der Waals surface area contributed by atoms with Gasteiger partial charge in [0.1, 0.15) is 10.2 Å². The lowest BCUT2D eigenvalue weighted by Crippen LogP contribution is -2.04. The normalized spacial score (nSPS) is 10.8. The molecule has 0 fully saturated rings. The molecular formula is C9H10Cl2N4S. The second kappa shape index (κ2) is 4.61. The molecule has 0 amide bonds. The largest absolute Gasteiger partial charge is 0.355 e. The number of hydrogen-bond donors (Lipinski definition) is 1. The van der Waals surface area contributed by atoms with Crippen LogP contribution < -0.4 is 5.32 Å². The zero-order valence-electron chi connectivity index (χ0n) is 8.79. The third kappa shape index (κ3) is 2.31. The van der Waals surface area contributed by atoms with E-state index in [1.54, 1.807) is 0 Å². The van der Waals surface area contributed by atoms with Gasteiger partial charge >= 0.3 is 0 Å². The number of hydrogen-bond acceptors (Lipinski definition) is 4. The van der Waals surface area contributed by atoms with Crippen molar-refractivity contribution in [2.75, 3.05) is 5.32 Å². The van der Waals surface area contributed by atoms with Crippen LogP contribution in [0.15, 0.2) is 6.07 Å². The lowest BCUT2D eigenvalue weighted by atomic mass is 10.4. The Morgan fingerprint density at radius 1 is 1.44 bits per heavy atom. The van der Waals surface area contributed by atoms with Crippen LogP contribution >= 0.6 is 34.5 Å². The molecule has 0 saturated carbocycles. The van der Waals surface area contributed by atoms with Crippen LogP contribution in [-0.2, 0) is 13.6 Å². The van der Waals surface area contributed by atoms with Crippen molar-refractivity contribution in [2.24, 2.45) is 7.05 Å². The van der Waals surface area contributed by atoms with Crippen LogP contribution in [-0.4, -0.2) is 14.8 Å². The highest BCUT2D eigenvalue weighted by molar-refractivity contribution is 7.15. The number of nitrogens with zero attached hydrogens (tertiary/aromatic N) is 3. The summed E-state index contributed by atoms with van der Waals surface area (Å²) in [7, 11) is 1.87. The van der Waals surface area contributed by atoms with Gasteiger partial charge in [0.2, 0.25) is 5.13 Å². The summed E-state index contributed by atoms with van der Waals surface area (Å²) in [4.78, 5) is 0. The van der Waals surface area contributed by atoms with E-state index in [4.69, 9.17) is 23.2 Å². The highest BCUT2D eigenvalue weighted by atomic mass is 35.5. The van der Waals surface area contributed by atoms with Crippen LogP contribution in [0.3, 0.4) is 0 Å². The van der Waals surface area contributed by atoms with Crippen molar-refractivity contribution < 1.29 is 0 Å². The molecule has 1 N–H and O–H groups in total. The number of aromatic nitrogens is 3. The smallest absolute Gasteiger partial charge is 0.205 e. The van der Waals surface area contributed by atoms with Crippen LogP contribution in [0.5, 0.6) is 0 Å². The maximum Gasteiger partial charge on any atom is 0.205 e. The van der Waals surface area contributed by atoms with E-state index in [1.807, 2.05) is 24.6 Å². The summed E-state index contributed by atoms with van der Waals surface area (Å²) in [5.41, 5.74) is 1.00. The minimum absolute atomic E-state index is 0.548. The number of anilines is 1. The van der Waals surface area contributed by atoms with E-state index in [0.29, 0.717) is 16.7 Å². The first-order valence-corrected chi connectivity index (χ1v) is 6.18. The molecular weight excluding hydrogens is 267 g/mol. The Bertz CT molecular complexity index is 506. The molecule has 0 bridgehead atoms. The van der Waals surface area contributed by atoms with Crippen LogP contribution in [0.4, 0.5) is 5.13 Å². The lowest BCUT2D eigenvalue weighted by Gasteiger charge is -2.04. The summed E-state index contributed by atoms with van der Waals surface area (Å²) < 4.78 is 1.84. The summed E-state index contributed by atoms with van der Waals surface area (Å²) in [6.07, 6.45) is 0. The second-order valence-electron chi connectivity index (χ2n) is 3.31. The van der Waals surface area contributed by atoms with Gasteiger partial charge in [-0.1, -0.05) is 34.5 Å². The average Bonchev–Trinajstić information content (AvgIpc) is 2.76. The van der Waals surface area contributed by atoms with Crippen molar-refractivity contribution in [1.29, 1.82) is 0 Å². The van der Waals surface area contributed by atoms with Crippen LogP contribution in [0, 0.1) is 6.92 Å². The highest BCUT2D eigenvalue weighted by Crippen LogP contribution is 2.25. The maximum atomic E-state index is 5.96. The molecule has 16 heavy (non-hydrogen) atoms. The van der Waals surface area contributed by atoms with E-state index in [2.05, 4.69) is 15.5 Å². The van der Waals surface area contributed by atoms with Gasteiger partial charge < -0.3 is 9.88 Å². The Labute approximate surface area is 107 Å². The lowest BCUT2D eigenvalue weighted by molar-refractivity contribution is 0.841. The third-order valence-corrected chi connectivity index (χ3v) is 3.80. The predicted molar refractivity (Wildman–Crippen MR) is 67.4 cm³/mol. The van der Waals surface area contributed by atoms with Crippen molar-refractivity contribution in [3.8, 4) is 0 Å². The molecule has 4 nitrogen and oxygen atoms in total. The molecule has 0 unspecified atom stereocenters. The molecule has 0 saturated heterocycles. The first kappa shape index (κ1) is 11.7. The predicted octanol–water partition coefficient (Wildman–Crippen LogP) is 3.10. The first-order valence-electron chi connectivity index (χ1n) is 4.61. The molecule has 2 rings (SSSR count). The van der Waals surface area contributed by atoms with Crippen LogP contribution in [0.1, 0.15) is 10.7 Å². The topological polar surface area (TPSA) is 42.7 Å². The molecule has 2 heterocycles. The van der Waals surface area contributed by atoms with Crippen molar-refractivity contribution >= 4 is 39.7 Å². The van der Waals surface area contributed by atoms with Gasteiger partial charge in [-0.25, -0.2) is 0 Å². The molecule has 7 heteroatoms. The fourth-order valence-electron chi connectivity index (χ4n) is 1.29. The van der Waals surface area contributed by atoms with E-state index >= 15 is 0 Å². The molecule has 0 radical (unpaired) electrons. The van der Waals surface area contributed by atoms with E-state index in [9.17, 15) is 0 Å². The standard InChI is InChI=1S/C9H10Cl2N4S/c1-5-13-14-9(16-5)12-4-6-3-7(10)8(11)15(6)2/h3H,4H2,1-2H3,(H,12,14). The number of nitrogens with one attached hydrogen (secondary N) is 1. The molecule has 0 aliphatic rings. The Balaban J connectivity index is 2.07. The quantitative estimate of drug-likeness (QED) is 0.937. The van der Waals surface area contributed by atoms with Crippen molar-refractivity contribution in [1.82, 2.24) is 14.8 Å². The molecule has 86 valence electrons. The Kier molecular flexibility index (Phi) is 3.37. The summed E-state index contributed by atoms with van der Waals surface area (Å²) in [5, 5.41) is 13.9. The van der Waals surface area contributed by atoms with Gasteiger partial charge in [0.05, 0.1) is 11.6 Å². The minimum atomic E-state index is 0.548. The van der Waals surface area contributed by atoms with Gasteiger partial charge in [-0.3, -0.25) is 0 Å². The minimum Gasteiger partial charge on any atom is -0.355 e. The molecule has 0 spiro atoms. The Hall–Kier alpha value is -0.780. The molecule has 2 aromatic rings. The fourth-order valence-corrected chi connectivity index (χ4v) is 2.30. The molecule has 0 atom stereocenters. The SMILES string of the molecule is Cc1nnc(NCc2cc(Cl)c(Cl)n2C)s1. The van der Waals surface area contributed by atoms with Gasteiger partial charge in [0.25, 0.3) is 0 Å². The maximum absolute atomic E-state index is 5.96. The zero-order chi connectivity index (χ0) is 11.7. The van der Waals surface area contributed by atoms with E-state index in [0.717, 1.165) is 15.8 Å². The molecule has 0 aromatic carbocycles. The van der Waals surface area contributed by atoms with E-state index in [1.165, 1.54) is 11.3 Å². The Morgan fingerprint density at radius 2 is 2.19 bits per heavy atom. The number of aryl methyl sites for hydroxylation is 1. The summed E-state index contributed by atoms with van der Waals surface area (Å²) in [5.74, 6) is 0. The van der Waals surface area contributed by atoms with Crippen LogP contribution in [0.25, 0.3) is 0 Å². The number of rotatable bonds is 3. The summed E-state index contributed by atoms with van der Waals surface area (Å²) >= 11 is 13.4. The Morgan fingerprint density at radius 3 is 2.69 bits per heavy atom. The molecule has 0 aliphatic carbocycles. The fraction of sp³-hybridized carbons (Fsp3) is 0.333. The van der Waals surface area contributed by atoms with Gasteiger partial charge in [-0.05, 0) is 13.0 Å². The monoisotopic (exact) mass is 276 g/mol. The average molecular weight is 277 g/mol. The van der Waals surface area contributed by atoms with E-state index in [-0.39, 0.29) is 0 Å². The molecule has 2 aromatic heterocycles. The summed E-state index contributed by atoms with van der Waals surface area (Å²) in [6, 6.07) is 1.84. The zero-order valence-corrected chi connectivity index (χ0v) is 11.1. The van der Waals surface area contributed by atoms with Gasteiger partial charge in [0.15, 0.2) is 0 Å².